The van der Waals surface area contributed by atoms with Crippen LogP contribution < -0.4 is 10.1 Å². The molecule has 2 rings (SSSR count). The van der Waals surface area contributed by atoms with E-state index in [2.05, 4.69) is 5.32 Å². The topological polar surface area (TPSA) is 41.5 Å². The molecule has 0 saturated carbocycles. The average molecular weight is 235 g/mol. The van der Waals surface area contributed by atoms with Crippen LogP contribution in [0.1, 0.15) is 25.3 Å². The highest BCUT2D eigenvalue weighted by molar-refractivity contribution is 5.41. The maximum Gasteiger partial charge on any atom is 0.161 e. The molecule has 0 unspecified atom stereocenters. The highest BCUT2D eigenvalue weighted by Crippen LogP contribution is 2.28. The first-order valence-corrected chi connectivity index (χ1v) is 6.45. The van der Waals surface area contributed by atoms with Gasteiger partial charge < -0.3 is 15.2 Å². The van der Waals surface area contributed by atoms with Crippen molar-refractivity contribution in [2.45, 2.75) is 26.2 Å². The van der Waals surface area contributed by atoms with Crippen LogP contribution >= 0.6 is 0 Å². The van der Waals surface area contributed by atoms with Crippen LogP contribution in [-0.2, 0) is 6.42 Å². The Labute approximate surface area is 103 Å². The predicted molar refractivity (Wildman–Crippen MR) is 68.6 cm³/mol. The van der Waals surface area contributed by atoms with E-state index in [0.29, 0.717) is 12.4 Å². The zero-order valence-corrected chi connectivity index (χ0v) is 10.4. The number of hydrogen-bond acceptors (Lipinski definition) is 3. The van der Waals surface area contributed by atoms with E-state index in [1.165, 1.54) is 18.4 Å². The van der Waals surface area contributed by atoms with Gasteiger partial charge in [0.05, 0.1) is 6.61 Å². The van der Waals surface area contributed by atoms with Gasteiger partial charge in [-0.25, -0.2) is 0 Å². The lowest BCUT2D eigenvalue weighted by Crippen LogP contribution is -2.28. The minimum atomic E-state index is 0.237. The van der Waals surface area contributed by atoms with Crippen molar-refractivity contribution >= 4 is 0 Å². The molecule has 1 aliphatic heterocycles. The van der Waals surface area contributed by atoms with Gasteiger partial charge in [-0.3, -0.25) is 0 Å². The maximum absolute atomic E-state index is 9.64. The maximum atomic E-state index is 9.64. The molecule has 3 heteroatoms. The van der Waals surface area contributed by atoms with Crippen LogP contribution in [0.2, 0.25) is 0 Å². The third-order valence-corrected chi connectivity index (χ3v) is 3.31. The van der Waals surface area contributed by atoms with E-state index < -0.39 is 0 Å². The number of hydrogen-bond donors (Lipinski definition) is 2. The standard InChI is InChI=1S/C14H21NO2/c1-2-17-14-10-12(3-4-13(14)16)9-11-5-7-15-8-6-11/h3-4,10-11,15-16H,2,5-9H2,1H3. The van der Waals surface area contributed by atoms with Gasteiger partial charge in [0.2, 0.25) is 0 Å². The van der Waals surface area contributed by atoms with Gasteiger partial charge in [0.1, 0.15) is 0 Å². The minimum Gasteiger partial charge on any atom is -0.504 e. The molecule has 17 heavy (non-hydrogen) atoms. The Morgan fingerprint density at radius 3 is 2.82 bits per heavy atom. The lowest BCUT2D eigenvalue weighted by molar-refractivity contribution is 0.317. The summed E-state index contributed by atoms with van der Waals surface area (Å²) in [7, 11) is 0. The van der Waals surface area contributed by atoms with Crippen LogP contribution in [0, 0.1) is 5.92 Å². The largest absolute Gasteiger partial charge is 0.504 e. The highest BCUT2D eigenvalue weighted by atomic mass is 16.5. The van der Waals surface area contributed by atoms with Crippen LogP contribution in [-0.4, -0.2) is 24.8 Å². The van der Waals surface area contributed by atoms with Crippen molar-refractivity contribution in [3.05, 3.63) is 23.8 Å². The first kappa shape index (κ1) is 12.2. The fraction of sp³-hybridized carbons (Fsp3) is 0.571. The summed E-state index contributed by atoms with van der Waals surface area (Å²) in [5.74, 6) is 1.61. The summed E-state index contributed by atoms with van der Waals surface area (Å²) in [6, 6.07) is 5.71. The highest BCUT2D eigenvalue weighted by Gasteiger charge is 2.14. The molecule has 0 bridgehead atoms. The molecule has 1 fully saturated rings. The summed E-state index contributed by atoms with van der Waals surface area (Å²) in [5, 5.41) is 13.0. The molecule has 94 valence electrons. The summed E-state index contributed by atoms with van der Waals surface area (Å²) >= 11 is 0. The minimum absolute atomic E-state index is 0.237. The molecule has 1 aromatic carbocycles. The van der Waals surface area contributed by atoms with Crippen molar-refractivity contribution in [3.8, 4) is 11.5 Å². The number of nitrogens with one attached hydrogen (secondary N) is 1. The lowest BCUT2D eigenvalue weighted by Gasteiger charge is -2.22. The number of piperidine rings is 1. The smallest absolute Gasteiger partial charge is 0.161 e. The number of phenolic OH excluding ortho intramolecular Hbond substituents is 1. The Bertz CT molecular complexity index is 359. The van der Waals surface area contributed by atoms with Crippen LogP contribution in [0.5, 0.6) is 11.5 Å². The molecule has 2 N–H and O–H groups in total. The van der Waals surface area contributed by atoms with Crippen molar-refractivity contribution in [1.29, 1.82) is 0 Å². The first-order valence-electron chi connectivity index (χ1n) is 6.45. The molecule has 0 atom stereocenters. The fourth-order valence-electron chi connectivity index (χ4n) is 2.38. The molecule has 0 aliphatic carbocycles. The average Bonchev–Trinajstić information content (AvgIpc) is 2.35. The lowest BCUT2D eigenvalue weighted by atomic mass is 9.91. The van der Waals surface area contributed by atoms with Crippen molar-refractivity contribution in [2.24, 2.45) is 5.92 Å². The zero-order valence-electron chi connectivity index (χ0n) is 10.4. The molecular formula is C14H21NO2. The summed E-state index contributed by atoms with van der Waals surface area (Å²) in [6.45, 7) is 4.77. The predicted octanol–water partition coefficient (Wildman–Crippen LogP) is 2.33. The zero-order chi connectivity index (χ0) is 12.1. The normalized spacial score (nSPS) is 17.0. The van der Waals surface area contributed by atoms with Crippen LogP contribution in [0.4, 0.5) is 0 Å². The number of rotatable bonds is 4. The van der Waals surface area contributed by atoms with E-state index in [1.807, 2.05) is 19.1 Å². The second-order valence-electron chi connectivity index (χ2n) is 4.63. The van der Waals surface area contributed by atoms with E-state index in [0.717, 1.165) is 25.4 Å². The molecule has 3 nitrogen and oxygen atoms in total. The number of benzene rings is 1. The van der Waals surface area contributed by atoms with E-state index in [1.54, 1.807) is 6.07 Å². The van der Waals surface area contributed by atoms with E-state index in [-0.39, 0.29) is 5.75 Å². The molecule has 0 aromatic heterocycles. The van der Waals surface area contributed by atoms with Gasteiger partial charge in [-0.05, 0) is 62.9 Å². The molecule has 1 heterocycles. The number of phenols is 1. The van der Waals surface area contributed by atoms with Crippen LogP contribution in [0.3, 0.4) is 0 Å². The third kappa shape index (κ3) is 3.37. The monoisotopic (exact) mass is 235 g/mol. The summed E-state index contributed by atoms with van der Waals surface area (Å²) in [4.78, 5) is 0. The van der Waals surface area contributed by atoms with Crippen molar-refractivity contribution in [3.63, 3.8) is 0 Å². The van der Waals surface area contributed by atoms with Crippen LogP contribution in [0.15, 0.2) is 18.2 Å². The van der Waals surface area contributed by atoms with E-state index in [4.69, 9.17) is 4.74 Å². The van der Waals surface area contributed by atoms with Gasteiger partial charge in [0.15, 0.2) is 11.5 Å². The second kappa shape index (κ2) is 5.92. The summed E-state index contributed by atoms with van der Waals surface area (Å²) in [5.41, 5.74) is 1.26. The summed E-state index contributed by atoms with van der Waals surface area (Å²) < 4.78 is 5.40. The Morgan fingerprint density at radius 2 is 2.12 bits per heavy atom. The van der Waals surface area contributed by atoms with E-state index >= 15 is 0 Å². The Morgan fingerprint density at radius 1 is 1.35 bits per heavy atom. The van der Waals surface area contributed by atoms with Gasteiger partial charge in [-0.2, -0.15) is 0 Å². The molecular weight excluding hydrogens is 214 g/mol. The molecule has 1 saturated heterocycles. The number of aromatic hydroxyl groups is 1. The van der Waals surface area contributed by atoms with Gasteiger partial charge in [0.25, 0.3) is 0 Å². The molecule has 1 aromatic rings. The molecule has 0 spiro atoms. The van der Waals surface area contributed by atoms with Gasteiger partial charge >= 0.3 is 0 Å². The van der Waals surface area contributed by atoms with Gasteiger partial charge in [-0.1, -0.05) is 6.07 Å². The molecule has 1 aliphatic rings. The van der Waals surface area contributed by atoms with Crippen molar-refractivity contribution in [2.75, 3.05) is 19.7 Å². The SMILES string of the molecule is CCOc1cc(CC2CCNCC2)ccc1O. The number of ether oxygens (including phenoxy) is 1. The van der Waals surface area contributed by atoms with Crippen molar-refractivity contribution in [1.82, 2.24) is 5.32 Å². The Kier molecular flexibility index (Phi) is 4.26. The van der Waals surface area contributed by atoms with Crippen LogP contribution in [0.25, 0.3) is 0 Å². The quantitative estimate of drug-likeness (QED) is 0.841. The Hall–Kier alpha value is -1.22. The van der Waals surface area contributed by atoms with Gasteiger partial charge in [0, 0.05) is 0 Å². The van der Waals surface area contributed by atoms with Crippen molar-refractivity contribution < 1.29 is 9.84 Å². The second-order valence-corrected chi connectivity index (χ2v) is 4.63. The van der Waals surface area contributed by atoms with Gasteiger partial charge in [-0.15, -0.1) is 0 Å². The third-order valence-electron chi connectivity index (χ3n) is 3.31. The fourth-order valence-corrected chi connectivity index (χ4v) is 2.38. The first-order chi connectivity index (χ1) is 8.29. The van der Waals surface area contributed by atoms with E-state index in [9.17, 15) is 5.11 Å². The molecule has 0 radical (unpaired) electrons. The summed E-state index contributed by atoms with van der Waals surface area (Å²) in [6.07, 6.45) is 3.57. The molecule has 0 amide bonds. The Balaban J connectivity index is 2.02.